The highest BCUT2D eigenvalue weighted by molar-refractivity contribution is 5.95. The van der Waals surface area contributed by atoms with Gasteiger partial charge in [0.15, 0.2) is 0 Å². The van der Waals surface area contributed by atoms with Gasteiger partial charge in [-0.25, -0.2) is 0 Å². The van der Waals surface area contributed by atoms with Gasteiger partial charge in [0.1, 0.15) is 0 Å². The van der Waals surface area contributed by atoms with Crippen molar-refractivity contribution in [3.8, 4) is 11.4 Å². The van der Waals surface area contributed by atoms with Gasteiger partial charge in [-0.2, -0.15) is 13.8 Å². The zero-order valence-electron chi connectivity index (χ0n) is 14.5. The van der Waals surface area contributed by atoms with E-state index in [1.54, 1.807) is 29.2 Å². The second-order valence-corrected chi connectivity index (χ2v) is 6.41. The number of amides is 1. The van der Waals surface area contributed by atoms with Gasteiger partial charge in [-0.15, -0.1) is 0 Å². The van der Waals surface area contributed by atoms with E-state index in [-0.39, 0.29) is 24.2 Å². The number of aromatic nitrogens is 2. The number of hydrogen-bond donors (Lipinski definition) is 1. The smallest absolute Gasteiger partial charge is 0.315 e. The Balaban J connectivity index is 1.72. The van der Waals surface area contributed by atoms with E-state index >= 15 is 0 Å². The number of carboxylic acids is 1. The van der Waals surface area contributed by atoms with Crippen molar-refractivity contribution in [3.63, 3.8) is 0 Å². The molecule has 27 heavy (non-hydrogen) atoms. The number of benzene rings is 1. The predicted molar refractivity (Wildman–Crippen MR) is 90.2 cm³/mol. The number of carbonyl (C=O) groups excluding carboxylic acids is 1. The molecule has 2 heterocycles. The Kier molecular flexibility index (Phi) is 5.78. The van der Waals surface area contributed by atoms with Crippen LogP contribution < -0.4 is 0 Å². The van der Waals surface area contributed by atoms with Crippen molar-refractivity contribution >= 4 is 11.9 Å². The summed E-state index contributed by atoms with van der Waals surface area (Å²) >= 11 is 0. The van der Waals surface area contributed by atoms with Gasteiger partial charge in [0, 0.05) is 30.1 Å². The second kappa shape index (κ2) is 8.24. The topological polar surface area (TPSA) is 96.5 Å². The summed E-state index contributed by atoms with van der Waals surface area (Å²) in [6, 6.07) is 6.22. The first kappa shape index (κ1) is 18.9. The standard InChI is InChI=1S/C18H19F2N3O4/c19-15(20)17-21-16(22-27-17)11-4-6-12(7-5-11)18(26)23-10-2-1-3-13(23)8-9-14(24)25/h4-7,13,15H,1-3,8-10H2,(H,24,25). The van der Waals surface area contributed by atoms with Gasteiger partial charge < -0.3 is 14.5 Å². The average molecular weight is 379 g/mol. The lowest BCUT2D eigenvalue weighted by molar-refractivity contribution is -0.137. The summed E-state index contributed by atoms with van der Waals surface area (Å²) in [6.45, 7) is 0.591. The van der Waals surface area contributed by atoms with Gasteiger partial charge in [0.2, 0.25) is 5.82 Å². The molecule has 2 aromatic rings. The van der Waals surface area contributed by atoms with E-state index < -0.39 is 18.3 Å². The van der Waals surface area contributed by atoms with Crippen molar-refractivity contribution in [2.75, 3.05) is 6.54 Å². The fraction of sp³-hybridized carbons (Fsp3) is 0.444. The van der Waals surface area contributed by atoms with E-state index in [0.717, 1.165) is 19.3 Å². The molecule has 1 aromatic carbocycles. The third-order valence-electron chi connectivity index (χ3n) is 4.60. The number of carbonyl (C=O) groups is 2. The Bertz CT molecular complexity index is 807. The first-order chi connectivity index (χ1) is 13.0. The zero-order valence-corrected chi connectivity index (χ0v) is 14.5. The van der Waals surface area contributed by atoms with Crippen LogP contribution in [0.1, 0.15) is 54.8 Å². The first-order valence-corrected chi connectivity index (χ1v) is 8.70. The molecule has 1 atom stereocenters. The molecule has 0 bridgehead atoms. The summed E-state index contributed by atoms with van der Waals surface area (Å²) in [4.78, 5) is 29.0. The molecule has 0 aliphatic carbocycles. The molecule has 1 N–H and O–H groups in total. The highest BCUT2D eigenvalue weighted by atomic mass is 19.3. The number of aliphatic carboxylic acids is 1. The van der Waals surface area contributed by atoms with Crippen LogP contribution in [0.4, 0.5) is 8.78 Å². The van der Waals surface area contributed by atoms with E-state index in [0.29, 0.717) is 24.1 Å². The van der Waals surface area contributed by atoms with E-state index in [1.165, 1.54) is 0 Å². The zero-order chi connectivity index (χ0) is 19.4. The monoisotopic (exact) mass is 379 g/mol. The summed E-state index contributed by atoms with van der Waals surface area (Å²) in [5.41, 5.74) is 0.904. The van der Waals surface area contributed by atoms with E-state index in [4.69, 9.17) is 5.11 Å². The summed E-state index contributed by atoms with van der Waals surface area (Å²) < 4.78 is 29.6. The minimum Gasteiger partial charge on any atom is -0.481 e. The number of hydrogen-bond acceptors (Lipinski definition) is 5. The fourth-order valence-corrected chi connectivity index (χ4v) is 3.23. The van der Waals surface area contributed by atoms with Gasteiger partial charge in [-0.05, 0) is 37.8 Å². The maximum Gasteiger partial charge on any atom is 0.315 e. The van der Waals surface area contributed by atoms with E-state index in [9.17, 15) is 18.4 Å². The molecule has 1 aliphatic heterocycles. The minimum absolute atomic E-state index is 0.0255. The lowest BCUT2D eigenvalue weighted by Gasteiger charge is -2.35. The summed E-state index contributed by atoms with van der Waals surface area (Å²) in [7, 11) is 0. The second-order valence-electron chi connectivity index (χ2n) is 6.41. The van der Waals surface area contributed by atoms with Crippen LogP contribution in [0.2, 0.25) is 0 Å². The van der Waals surface area contributed by atoms with Crippen molar-refractivity contribution < 1.29 is 28.0 Å². The number of likely N-dealkylation sites (tertiary alicyclic amines) is 1. The molecule has 1 amide bonds. The lowest BCUT2D eigenvalue weighted by Crippen LogP contribution is -2.43. The van der Waals surface area contributed by atoms with Crippen LogP contribution in [-0.2, 0) is 4.79 Å². The van der Waals surface area contributed by atoms with Crippen LogP contribution in [0.3, 0.4) is 0 Å². The van der Waals surface area contributed by atoms with Gasteiger partial charge in [0.25, 0.3) is 11.8 Å². The molecular weight excluding hydrogens is 360 g/mol. The molecule has 0 spiro atoms. The summed E-state index contributed by atoms with van der Waals surface area (Å²) in [5, 5.41) is 12.4. The molecule has 7 nitrogen and oxygen atoms in total. The molecule has 0 saturated carbocycles. The molecule has 3 rings (SSSR count). The average Bonchev–Trinajstić information content (AvgIpc) is 3.17. The maximum atomic E-state index is 12.8. The molecule has 1 aromatic heterocycles. The van der Waals surface area contributed by atoms with E-state index in [1.807, 2.05) is 0 Å². The van der Waals surface area contributed by atoms with Crippen LogP contribution in [0.25, 0.3) is 11.4 Å². The van der Waals surface area contributed by atoms with Crippen LogP contribution in [0.5, 0.6) is 0 Å². The van der Waals surface area contributed by atoms with Gasteiger partial charge >= 0.3 is 12.4 Å². The SMILES string of the molecule is O=C(O)CCC1CCCCN1C(=O)c1ccc(-c2noc(C(F)F)n2)cc1. The van der Waals surface area contributed by atoms with Crippen molar-refractivity contribution in [3.05, 3.63) is 35.7 Å². The maximum absolute atomic E-state index is 12.8. The van der Waals surface area contributed by atoms with Crippen molar-refractivity contribution in [2.24, 2.45) is 0 Å². The molecule has 1 fully saturated rings. The van der Waals surface area contributed by atoms with Crippen molar-refractivity contribution in [1.29, 1.82) is 0 Å². The molecule has 1 aliphatic rings. The molecule has 1 unspecified atom stereocenters. The summed E-state index contributed by atoms with van der Waals surface area (Å²) in [6.07, 6.45) is 0.255. The van der Waals surface area contributed by atoms with Gasteiger partial charge in [-0.1, -0.05) is 17.3 Å². The molecule has 144 valence electrons. The Morgan fingerprint density at radius 2 is 2.00 bits per heavy atom. The molecule has 1 saturated heterocycles. The van der Waals surface area contributed by atoms with E-state index in [2.05, 4.69) is 14.7 Å². The van der Waals surface area contributed by atoms with Gasteiger partial charge in [-0.3, -0.25) is 9.59 Å². The lowest BCUT2D eigenvalue weighted by atomic mass is 9.96. The molecular formula is C18H19F2N3O4. The Labute approximate surface area is 154 Å². The Morgan fingerprint density at radius 1 is 1.26 bits per heavy atom. The normalized spacial score (nSPS) is 17.3. The van der Waals surface area contributed by atoms with Crippen LogP contribution in [0, 0.1) is 0 Å². The number of nitrogens with zero attached hydrogens (tertiary/aromatic N) is 3. The number of carboxylic acid groups (broad SMARTS) is 1. The Morgan fingerprint density at radius 3 is 2.63 bits per heavy atom. The van der Waals surface area contributed by atoms with Gasteiger partial charge in [0.05, 0.1) is 0 Å². The number of rotatable bonds is 6. The van der Waals surface area contributed by atoms with Crippen LogP contribution >= 0.6 is 0 Å². The largest absolute Gasteiger partial charge is 0.481 e. The van der Waals surface area contributed by atoms with Crippen LogP contribution in [0.15, 0.2) is 28.8 Å². The quantitative estimate of drug-likeness (QED) is 0.825. The first-order valence-electron chi connectivity index (χ1n) is 8.70. The summed E-state index contributed by atoms with van der Waals surface area (Å²) in [5.74, 6) is -1.76. The number of alkyl halides is 2. The minimum atomic E-state index is -2.84. The Hall–Kier alpha value is -2.84. The molecule has 9 heteroatoms. The third-order valence-corrected chi connectivity index (χ3v) is 4.60. The molecule has 0 radical (unpaired) electrons. The third kappa shape index (κ3) is 4.47. The van der Waals surface area contributed by atoms with Crippen LogP contribution in [-0.4, -0.2) is 44.6 Å². The van der Waals surface area contributed by atoms with Crippen molar-refractivity contribution in [2.45, 2.75) is 44.6 Å². The fourth-order valence-electron chi connectivity index (χ4n) is 3.23. The predicted octanol–water partition coefficient (Wildman–Crippen LogP) is 3.53. The number of halogens is 2. The highest BCUT2D eigenvalue weighted by Gasteiger charge is 2.28. The van der Waals surface area contributed by atoms with Crippen molar-refractivity contribution in [1.82, 2.24) is 15.0 Å². The highest BCUT2D eigenvalue weighted by Crippen LogP contribution is 2.25. The number of piperidine rings is 1.